The molecule has 1 heterocycles. The van der Waals surface area contributed by atoms with E-state index in [1.165, 1.54) is 18.5 Å². The second-order valence-electron chi connectivity index (χ2n) is 6.06. The predicted molar refractivity (Wildman–Crippen MR) is 78.7 cm³/mol. The maximum absolute atomic E-state index is 8.79. The third-order valence-corrected chi connectivity index (χ3v) is 3.63. The van der Waals surface area contributed by atoms with Crippen molar-refractivity contribution in [3.05, 3.63) is 35.4 Å². The minimum atomic E-state index is 0.134. The van der Waals surface area contributed by atoms with Crippen LogP contribution in [0.15, 0.2) is 24.3 Å². The molecule has 1 aromatic carbocycles. The Morgan fingerprint density at radius 2 is 2.11 bits per heavy atom. The van der Waals surface area contributed by atoms with E-state index in [2.05, 4.69) is 48.8 Å². The van der Waals surface area contributed by atoms with Crippen molar-refractivity contribution < 1.29 is 5.11 Å². The van der Waals surface area contributed by atoms with Crippen LogP contribution in [0.3, 0.4) is 0 Å². The van der Waals surface area contributed by atoms with Gasteiger partial charge in [0.1, 0.15) is 0 Å². The Labute approximate surface area is 116 Å². The Bertz CT molecular complexity index is 482. The molecule has 102 valence electrons. The highest BCUT2D eigenvalue weighted by Crippen LogP contribution is 2.30. The summed E-state index contributed by atoms with van der Waals surface area (Å²) >= 11 is 0. The van der Waals surface area contributed by atoms with E-state index in [1.54, 1.807) is 0 Å². The molecular weight excluding hydrogens is 234 g/mol. The molecule has 0 unspecified atom stereocenters. The Morgan fingerprint density at radius 1 is 1.32 bits per heavy atom. The van der Waals surface area contributed by atoms with Crippen molar-refractivity contribution in [2.45, 2.75) is 33.2 Å². The smallest absolute Gasteiger partial charge is 0.0540 e. The highest BCUT2D eigenvalue weighted by molar-refractivity contribution is 5.41. The molecule has 0 amide bonds. The van der Waals surface area contributed by atoms with Crippen LogP contribution in [-0.4, -0.2) is 29.7 Å². The first-order valence-corrected chi connectivity index (χ1v) is 7.01. The Balaban J connectivity index is 2.07. The molecular formula is C17H23NO. The summed E-state index contributed by atoms with van der Waals surface area (Å²) in [6.45, 7) is 8.11. The highest BCUT2D eigenvalue weighted by Gasteiger charge is 2.29. The van der Waals surface area contributed by atoms with Gasteiger partial charge in [-0.1, -0.05) is 43.9 Å². The third-order valence-electron chi connectivity index (χ3n) is 3.63. The van der Waals surface area contributed by atoms with Gasteiger partial charge in [-0.25, -0.2) is 0 Å². The minimum Gasteiger partial charge on any atom is -0.395 e. The van der Waals surface area contributed by atoms with Crippen molar-refractivity contribution in [3.63, 3.8) is 0 Å². The first-order chi connectivity index (χ1) is 9.11. The number of nitrogens with zero attached hydrogens (tertiary/aromatic N) is 1. The molecule has 0 radical (unpaired) electrons. The molecule has 0 aromatic heterocycles. The zero-order valence-electron chi connectivity index (χ0n) is 11.9. The van der Waals surface area contributed by atoms with E-state index in [0.717, 1.165) is 18.7 Å². The van der Waals surface area contributed by atoms with Crippen LogP contribution >= 0.6 is 0 Å². The average molecular weight is 257 g/mol. The molecule has 1 fully saturated rings. The maximum Gasteiger partial charge on any atom is 0.0540 e. The van der Waals surface area contributed by atoms with E-state index in [4.69, 9.17) is 5.11 Å². The van der Waals surface area contributed by atoms with Gasteiger partial charge in [0.25, 0.3) is 0 Å². The van der Waals surface area contributed by atoms with Gasteiger partial charge in [-0.15, -0.1) is 0 Å². The van der Waals surface area contributed by atoms with Crippen molar-refractivity contribution in [1.29, 1.82) is 0 Å². The summed E-state index contributed by atoms with van der Waals surface area (Å²) in [4.78, 5) is 2.51. The number of rotatable bonds is 3. The normalized spacial score (nSPS) is 18.1. The fourth-order valence-electron chi connectivity index (χ4n) is 2.59. The van der Waals surface area contributed by atoms with Gasteiger partial charge in [0, 0.05) is 25.1 Å². The number of hydrogen-bond acceptors (Lipinski definition) is 2. The largest absolute Gasteiger partial charge is 0.395 e. The summed E-state index contributed by atoms with van der Waals surface area (Å²) in [7, 11) is 0. The fourth-order valence-corrected chi connectivity index (χ4v) is 2.59. The van der Waals surface area contributed by atoms with Crippen LogP contribution in [0.1, 0.15) is 37.8 Å². The first-order valence-electron chi connectivity index (χ1n) is 7.01. The predicted octanol–water partition coefficient (Wildman–Crippen LogP) is 2.65. The van der Waals surface area contributed by atoms with Gasteiger partial charge in [-0.2, -0.15) is 0 Å². The van der Waals surface area contributed by atoms with Gasteiger partial charge in [-0.05, 0) is 30.0 Å². The van der Waals surface area contributed by atoms with E-state index in [-0.39, 0.29) is 6.61 Å². The number of aliphatic hydroxyl groups excluding tert-OH is 1. The van der Waals surface area contributed by atoms with E-state index in [1.807, 2.05) is 6.07 Å². The highest BCUT2D eigenvalue weighted by atomic mass is 16.2. The van der Waals surface area contributed by atoms with Gasteiger partial charge in [0.05, 0.1) is 6.61 Å². The Morgan fingerprint density at radius 3 is 2.79 bits per heavy atom. The first kappa shape index (κ1) is 14.1. The van der Waals surface area contributed by atoms with E-state index >= 15 is 0 Å². The molecule has 19 heavy (non-hydrogen) atoms. The number of aliphatic hydroxyl groups is 1. The number of likely N-dealkylation sites (tertiary alicyclic amines) is 1. The average Bonchev–Trinajstić information content (AvgIpc) is 2.71. The molecule has 0 spiro atoms. The quantitative estimate of drug-likeness (QED) is 0.842. The molecule has 2 heteroatoms. The van der Waals surface area contributed by atoms with E-state index in [9.17, 15) is 0 Å². The summed E-state index contributed by atoms with van der Waals surface area (Å²) in [5.74, 6) is 6.19. The van der Waals surface area contributed by atoms with Crippen molar-refractivity contribution >= 4 is 0 Å². The number of benzene rings is 1. The topological polar surface area (TPSA) is 23.5 Å². The summed E-state index contributed by atoms with van der Waals surface area (Å²) in [6, 6.07) is 8.34. The molecule has 0 saturated carbocycles. The molecule has 0 bridgehead atoms. The standard InChI is InChI=1S/C17H23NO/c1-17(2)10-11-18(14-17)13-16-9-4-3-7-15(16)8-5-6-12-19/h3-4,7,9,19H,6,10-14H2,1-2H3. The summed E-state index contributed by atoms with van der Waals surface area (Å²) < 4.78 is 0. The molecule has 2 nitrogen and oxygen atoms in total. The van der Waals surface area contributed by atoms with Crippen molar-refractivity contribution in [1.82, 2.24) is 4.90 Å². The fraction of sp³-hybridized carbons (Fsp3) is 0.529. The monoisotopic (exact) mass is 257 g/mol. The van der Waals surface area contributed by atoms with E-state index in [0.29, 0.717) is 11.8 Å². The van der Waals surface area contributed by atoms with Crippen LogP contribution in [0.25, 0.3) is 0 Å². The molecule has 1 aliphatic heterocycles. The van der Waals surface area contributed by atoms with Crippen LogP contribution in [0, 0.1) is 17.3 Å². The maximum atomic E-state index is 8.79. The van der Waals surface area contributed by atoms with Crippen LogP contribution in [-0.2, 0) is 6.54 Å². The SMILES string of the molecule is CC1(C)CCN(Cc2ccccc2C#CCCO)C1. The van der Waals surface area contributed by atoms with Gasteiger partial charge in [0.15, 0.2) is 0 Å². The molecule has 1 saturated heterocycles. The lowest BCUT2D eigenvalue weighted by Gasteiger charge is -2.20. The Kier molecular flexibility index (Phi) is 4.63. The lowest BCUT2D eigenvalue weighted by molar-refractivity contribution is 0.284. The van der Waals surface area contributed by atoms with Gasteiger partial charge in [-0.3, -0.25) is 4.90 Å². The van der Waals surface area contributed by atoms with Crippen LogP contribution < -0.4 is 0 Å². The van der Waals surface area contributed by atoms with E-state index < -0.39 is 0 Å². The van der Waals surface area contributed by atoms with Gasteiger partial charge < -0.3 is 5.11 Å². The number of hydrogen-bond donors (Lipinski definition) is 1. The molecule has 0 aliphatic carbocycles. The van der Waals surface area contributed by atoms with Crippen molar-refractivity contribution in [2.24, 2.45) is 5.41 Å². The molecule has 0 atom stereocenters. The van der Waals surface area contributed by atoms with Crippen molar-refractivity contribution in [2.75, 3.05) is 19.7 Å². The second kappa shape index (κ2) is 6.23. The third kappa shape index (κ3) is 4.09. The van der Waals surface area contributed by atoms with Crippen LogP contribution in [0.4, 0.5) is 0 Å². The van der Waals surface area contributed by atoms with Crippen molar-refractivity contribution in [3.8, 4) is 11.8 Å². The molecule has 1 N–H and O–H groups in total. The second-order valence-corrected chi connectivity index (χ2v) is 6.06. The summed E-state index contributed by atoms with van der Waals surface area (Å²) in [6.07, 6.45) is 1.82. The summed E-state index contributed by atoms with van der Waals surface area (Å²) in [5, 5.41) is 8.79. The minimum absolute atomic E-state index is 0.134. The summed E-state index contributed by atoms with van der Waals surface area (Å²) in [5.41, 5.74) is 2.84. The zero-order chi connectivity index (χ0) is 13.7. The molecule has 2 rings (SSSR count). The zero-order valence-corrected chi connectivity index (χ0v) is 11.9. The lowest BCUT2D eigenvalue weighted by Crippen LogP contribution is -2.23. The lowest BCUT2D eigenvalue weighted by atomic mass is 9.93. The van der Waals surface area contributed by atoms with Gasteiger partial charge >= 0.3 is 0 Å². The van der Waals surface area contributed by atoms with Gasteiger partial charge in [0.2, 0.25) is 0 Å². The van der Waals surface area contributed by atoms with Crippen LogP contribution in [0.2, 0.25) is 0 Å². The Hall–Kier alpha value is -1.30. The van der Waals surface area contributed by atoms with Crippen LogP contribution in [0.5, 0.6) is 0 Å². The molecule has 1 aliphatic rings. The molecule has 1 aromatic rings.